The molecule has 1 rings (SSSR count). The Bertz CT molecular complexity index is 435. The third-order valence-electron chi connectivity index (χ3n) is 2.42. The van der Waals surface area contributed by atoms with Crippen LogP contribution in [0.2, 0.25) is 0 Å². The van der Waals surface area contributed by atoms with Gasteiger partial charge in [0.15, 0.2) is 0 Å². The van der Waals surface area contributed by atoms with Crippen LogP contribution in [0.4, 0.5) is 0 Å². The Morgan fingerprint density at radius 1 is 1.32 bits per heavy atom. The van der Waals surface area contributed by atoms with E-state index in [1.54, 1.807) is 14.2 Å². The van der Waals surface area contributed by atoms with Crippen LogP contribution in [0.15, 0.2) is 18.2 Å². The molecule has 0 fully saturated rings. The van der Waals surface area contributed by atoms with Crippen molar-refractivity contribution < 1.29 is 14.6 Å². The first-order valence-corrected chi connectivity index (χ1v) is 7.30. The van der Waals surface area contributed by atoms with Gasteiger partial charge in [0.1, 0.15) is 5.75 Å². The smallest absolute Gasteiger partial charge is 0.134 e. The summed E-state index contributed by atoms with van der Waals surface area (Å²) >= 11 is 1.83. The molecule has 0 aliphatic rings. The van der Waals surface area contributed by atoms with E-state index in [0.29, 0.717) is 6.42 Å². The Hall–Kier alpha value is -1.15. The first-order valence-electron chi connectivity index (χ1n) is 6.15. The summed E-state index contributed by atoms with van der Waals surface area (Å²) in [6.07, 6.45) is 0.482. The van der Waals surface area contributed by atoms with Gasteiger partial charge in [-0.25, -0.2) is 0 Å². The lowest BCUT2D eigenvalue weighted by molar-refractivity contribution is 0.218. The number of aliphatic hydroxyl groups excluding tert-OH is 1. The highest BCUT2D eigenvalue weighted by molar-refractivity contribution is 7.98. The van der Waals surface area contributed by atoms with Gasteiger partial charge in [-0.2, -0.15) is 11.8 Å². The minimum absolute atomic E-state index is 0.0852. The van der Waals surface area contributed by atoms with Crippen LogP contribution in [0.3, 0.4) is 0 Å². The van der Waals surface area contributed by atoms with Crippen LogP contribution in [-0.2, 0) is 10.5 Å². The zero-order valence-corrected chi connectivity index (χ0v) is 12.3. The maximum atomic E-state index is 8.74. The molecule has 0 radical (unpaired) electrons. The van der Waals surface area contributed by atoms with Crippen LogP contribution in [0.1, 0.15) is 17.5 Å². The Kier molecular flexibility index (Phi) is 8.15. The fourth-order valence-corrected chi connectivity index (χ4v) is 2.33. The maximum Gasteiger partial charge on any atom is 0.134 e. The molecule has 0 bridgehead atoms. The van der Waals surface area contributed by atoms with Crippen molar-refractivity contribution in [1.82, 2.24) is 0 Å². The number of thioether (sulfide) groups is 1. The van der Waals surface area contributed by atoms with E-state index in [9.17, 15) is 0 Å². The zero-order valence-electron chi connectivity index (χ0n) is 11.4. The van der Waals surface area contributed by atoms with Gasteiger partial charge in [0.2, 0.25) is 0 Å². The van der Waals surface area contributed by atoms with E-state index in [2.05, 4.69) is 17.9 Å². The van der Waals surface area contributed by atoms with E-state index >= 15 is 0 Å². The van der Waals surface area contributed by atoms with Gasteiger partial charge in [0.25, 0.3) is 0 Å². The van der Waals surface area contributed by atoms with Gasteiger partial charge in [-0.05, 0) is 17.7 Å². The third-order valence-corrected chi connectivity index (χ3v) is 3.42. The molecule has 0 heterocycles. The van der Waals surface area contributed by atoms with Gasteiger partial charge in [-0.15, -0.1) is 0 Å². The second-order valence-corrected chi connectivity index (χ2v) is 4.96. The highest BCUT2D eigenvalue weighted by Gasteiger charge is 2.02. The molecule has 0 spiro atoms. The molecule has 3 nitrogen and oxygen atoms in total. The van der Waals surface area contributed by atoms with Crippen LogP contribution in [-0.4, -0.2) is 38.3 Å². The van der Waals surface area contributed by atoms with E-state index in [4.69, 9.17) is 14.6 Å². The molecular weight excluding hydrogens is 260 g/mol. The fourth-order valence-electron chi connectivity index (χ4n) is 1.49. The number of benzene rings is 1. The van der Waals surface area contributed by atoms with E-state index in [-0.39, 0.29) is 6.61 Å². The monoisotopic (exact) mass is 280 g/mol. The van der Waals surface area contributed by atoms with Gasteiger partial charge in [0.05, 0.1) is 25.9 Å². The number of methoxy groups -OCH3 is 2. The van der Waals surface area contributed by atoms with Crippen molar-refractivity contribution in [3.05, 3.63) is 29.3 Å². The summed E-state index contributed by atoms with van der Waals surface area (Å²) in [5.41, 5.74) is 2.09. The molecule has 0 aliphatic heterocycles. The van der Waals surface area contributed by atoms with Crippen molar-refractivity contribution in [2.45, 2.75) is 12.2 Å². The summed E-state index contributed by atoms with van der Waals surface area (Å²) in [7, 11) is 3.35. The van der Waals surface area contributed by atoms with Crippen LogP contribution in [0.5, 0.6) is 5.75 Å². The molecule has 1 aromatic carbocycles. The van der Waals surface area contributed by atoms with Crippen molar-refractivity contribution in [1.29, 1.82) is 0 Å². The number of aliphatic hydroxyl groups is 1. The Morgan fingerprint density at radius 3 is 2.84 bits per heavy atom. The SMILES string of the molecule is COCCSCc1ccc(OC)c(C#CCCO)c1. The topological polar surface area (TPSA) is 38.7 Å². The van der Waals surface area contributed by atoms with Crippen molar-refractivity contribution >= 4 is 11.8 Å². The standard InChI is InChI=1S/C15H20O3S/c1-17-9-10-19-12-13-6-7-15(18-2)14(11-13)5-3-4-8-16/h6-7,11,16H,4,8-10,12H2,1-2H3. The van der Waals surface area contributed by atoms with Crippen molar-refractivity contribution in [3.8, 4) is 17.6 Å². The summed E-state index contributed by atoms with van der Waals surface area (Å²) in [5, 5.41) is 8.74. The van der Waals surface area contributed by atoms with Crippen molar-refractivity contribution in [2.75, 3.05) is 33.2 Å². The van der Waals surface area contributed by atoms with Gasteiger partial charge in [0, 0.05) is 25.0 Å². The van der Waals surface area contributed by atoms with Gasteiger partial charge >= 0.3 is 0 Å². The number of hydrogen-bond donors (Lipinski definition) is 1. The van der Waals surface area contributed by atoms with Crippen LogP contribution < -0.4 is 4.74 Å². The molecule has 0 saturated carbocycles. The Morgan fingerprint density at radius 2 is 2.16 bits per heavy atom. The molecule has 0 aromatic heterocycles. The first-order chi connectivity index (χ1) is 9.31. The summed E-state index contributed by atoms with van der Waals surface area (Å²) in [6.45, 7) is 0.853. The molecule has 0 atom stereocenters. The normalized spacial score (nSPS) is 9.84. The largest absolute Gasteiger partial charge is 0.495 e. The fraction of sp³-hybridized carbons (Fsp3) is 0.467. The van der Waals surface area contributed by atoms with Gasteiger partial charge < -0.3 is 14.6 Å². The molecular formula is C15H20O3S. The van der Waals surface area contributed by atoms with Crippen molar-refractivity contribution in [3.63, 3.8) is 0 Å². The Balaban J connectivity index is 2.69. The molecule has 0 amide bonds. The highest BCUT2D eigenvalue weighted by Crippen LogP contribution is 2.21. The van der Waals surface area contributed by atoms with E-state index < -0.39 is 0 Å². The molecule has 1 aromatic rings. The minimum Gasteiger partial charge on any atom is -0.495 e. The number of rotatable bonds is 7. The molecule has 1 N–H and O–H groups in total. The van der Waals surface area contributed by atoms with Crippen LogP contribution in [0.25, 0.3) is 0 Å². The molecule has 0 saturated heterocycles. The van der Waals surface area contributed by atoms with E-state index in [1.165, 1.54) is 5.56 Å². The summed E-state index contributed by atoms with van der Waals surface area (Å²) in [5.74, 6) is 8.65. The summed E-state index contributed by atoms with van der Waals surface area (Å²) < 4.78 is 10.3. The predicted octanol–water partition coefficient (Wildman–Crippen LogP) is 2.31. The average Bonchev–Trinajstić information content (AvgIpc) is 2.44. The molecule has 4 heteroatoms. The van der Waals surface area contributed by atoms with Gasteiger partial charge in [-0.3, -0.25) is 0 Å². The second kappa shape index (κ2) is 9.74. The lowest BCUT2D eigenvalue weighted by Gasteiger charge is -2.06. The molecule has 0 aliphatic carbocycles. The van der Waals surface area contributed by atoms with Crippen LogP contribution >= 0.6 is 11.8 Å². The second-order valence-electron chi connectivity index (χ2n) is 3.86. The van der Waals surface area contributed by atoms with E-state index in [1.807, 2.05) is 23.9 Å². The first kappa shape index (κ1) is 15.9. The molecule has 19 heavy (non-hydrogen) atoms. The summed E-state index contributed by atoms with van der Waals surface area (Å²) in [4.78, 5) is 0. The predicted molar refractivity (Wildman–Crippen MR) is 79.6 cm³/mol. The Labute approximate surface area is 119 Å². The van der Waals surface area contributed by atoms with E-state index in [0.717, 1.165) is 29.4 Å². The lowest BCUT2D eigenvalue weighted by Crippen LogP contribution is -1.94. The maximum absolute atomic E-state index is 8.74. The average molecular weight is 280 g/mol. The summed E-state index contributed by atoms with van der Waals surface area (Å²) in [6, 6.07) is 6.04. The molecule has 104 valence electrons. The highest BCUT2D eigenvalue weighted by atomic mass is 32.2. The number of ether oxygens (including phenoxy) is 2. The molecule has 0 unspecified atom stereocenters. The van der Waals surface area contributed by atoms with Crippen LogP contribution in [0, 0.1) is 11.8 Å². The van der Waals surface area contributed by atoms with Crippen molar-refractivity contribution in [2.24, 2.45) is 0 Å². The lowest BCUT2D eigenvalue weighted by atomic mass is 10.1. The number of hydrogen-bond acceptors (Lipinski definition) is 4. The quantitative estimate of drug-likeness (QED) is 0.614. The minimum atomic E-state index is 0.0852. The third kappa shape index (κ3) is 6.02. The van der Waals surface area contributed by atoms with Gasteiger partial charge in [-0.1, -0.05) is 17.9 Å². The zero-order chi connectivity index (χ0) is 13.9.